The third-order valence-electron chi connectivity index (χ3n) is 8.90. The Balaban J connectivity index is 1.32. The number of benzene rings is 5. The fraction of sp³-hybridized carbons (Fsp3) is 0.167. The standard InChI is InChI=1S/C36H29BO3S/c1-35(2)36(3,4)40-37(39-35)26-18-24(22-13-15-32-29(20-22)27-9-5-7-11-31(27)38-32)17-25(19-26)23-14-16-34-30(21-23)28-10-6-8-12-33(28)41-34/h5-21H,1-4H3. The van der Waals surface area contributed by atoms with Gasteiger partial charge in [-0.1, -0.05) is 60.7 Å². The number of fused-ring (bicyclic) bond motifs is 6. The van der Waals surface area contributed by atoms with Crippen molar-refractivity contribution in [3.63, 3.8) is 0 Å². The second-order valence-electron chi connectivity index (χ2n) is 12.1. The number of thiophene rings is 1. The minimum Gasteiger partial charge on any atom is -0.456 e. The predicted octanol–water partition coefficient (Wildman–Crippen LogP) is 9.59. The Morgan fingerprint density at radius 3 is 1.85 bits per heavy atom. The average Bonchev–Trinajstić information content (AvgIpc) is 3.60. The molecule has 0 atom stereocenters. The lowest BCUT2D eigenvalue weighted by Gasteiger charge is -2.32. The van der Waals surface area contributed by atoms with Gasteiger partial charge in [-0.3, -0.25) is 0 Å². The summed E-state index contributed by atoms with van der Waals surface area (Å²) in [7, 11) is -0.456. The first-order valence-corrected chi connectivity index (χ1v) is 14.9. The van der Waals surface area contributed by atoms with Gasteiger partial charge in [-0.05, 0) is 97.9 Å². The van der Waals surface area contributed by atoms with E-state index in [0.717, 1.165) is 44.1 Å². The van der Waals surface area contributed by atoms with E-state index in [0.29, 0.717) is 0 Å². The van der Waals surface area contributed by atoms with Crippen LogP contribution in [-0.2, 0) is 9.31 Å². The lowest BCUT2D eigenvalue weighted by Crippen LogP contribution is -2.41. The molecule has 1 aliphatic heterocycles. The fourth-order valence-corrected chi connectivity index (χ4v) is 7.00. The van der Waals surface area contributed by atoms with Crippen molar-refractivity contribution in [2.45, 2.75) is 38.9 Å². The first-order valence-electron chi connectivity index (χ1n) is 14.1. The maximum absolute atomic E-state index is 6.53. The molecule has 5 heteroatoms. The molecule has 8 rings (SSSR count). The van der Waals surface area contributed by atoms with Crippen molar-refractivity contribution in [2.75, 3.05) is 0 Å². The normalized spacial score (nSPS) is 16.4. The van der Waals surface area contributed by atoms with Crippen LogP contribution in [0.1, 0.15) is 27.7 Å². The molecule has 7 aromatic rings. The van der Waals surface area contributed by atoms with Crippen LogP contribution in [-0.4, -0.2) is 18.3 Å². The van der Waals surface area contributed by atoms with Crippen LogP contribution in [0.4, 0.5) is 0 Å². The molecule has 0 spiro atoms. The van der Waals surface area contributed by atoms with Gasteiger partial charge in [-0.2, -0.15) is 0 Å². The molecule has 0 amide bonds. The van der Waals surface area contributed by atoms with Gasteiger partial charge in [0.05, 0.1) is 11.2 Å². The van der Waals surface area contributed by atoms with Crippen LogP contribution in [0.2, 0.25) is 0 Å². The molecule has 0 aliphatic carbocycles. The van der Waals surface area contributed by atoms with Gasteiger partial charge in [0.2, 0.25) is 0 Å². The maximum atomic E-state index is 6.53. The van der Waals surface area contributed by atoms with Gasteiger partial charge in [0.15, 0.2) is 0 Å². The highest BCUT2D eigenvalue weighted by molar-refractivity contribution is 7.25. The number of rotatable bonds is 3. The highest BCUT2D eigenvalue weighted by Gasteiger charge is 2.51. The van der Waals surface area contributed by atoms with Gasteiger partial charge >= 0.3 is 7.12 Å². The van der Waals surface area contributed by atoms with Crippen LogP contribution >= 0.6 is 11.3 Å². The number of para-hydroxylation sites is 1. The lowest BCUT2D eigenvalue weighted by molar-refractivity contribution is 0.00578. The zero-order valence-corrected chi connectivity index (χ0v) is 24.3. The fourth-order valence-electron chi connectivity index (χ4n) is 5.91. The summed E-state index contributed by atoms with van der Waals surface area (Å²) in [5.74, 6) is 0. The summed E-state index contributed by atoms with van der Waals surface area (Å²) in [6.45, 7) is 8.41. The second kappa shape index (κ2) is 8.80. The summed E-state index contributed by atoms with van der Waals surface area (Å²) in [4.78, 5) is 0. The number of hydrogen-bond donors (Lipinski definition) is 0. The first kappa shape index (κ1) is 24.9. The number of furan rings is 1. The largest absolute Gasteiger partial charge is 0.494 e. The predicted molar refractivity (Wildman–Crippen MR) is 173 cm³/mol. The summed E-state index contributed by atoms with van der Waals surface area (Å²) in [5.41, 5.74) is 6.55. The van der Waals surface area contributed by atoms with E-state index in [1.54, 1.807) is 0 Å². The van der Waals surface area contributed by atoms with Crippen LogP contribution in [0.3, 0.4) is 0 Å². The molecule has 3 heterocycles. The van der Waals surface area contributed by atoms with Crippen molar-refractivity contribution in [2.24, 2.45) is 0 Å². The topological polar surface area (TPSA) is 31.6 Å². The molecular formula is C36H29BO3S. The first-order chi connectivity index (χ1) is 19.8. The van der Waals surface area contributed by atoms with E-state index in [1.807, 2.05) is 23.5 Å². The van der Waals surface area contributed by atoms with Gasteiger partial charge in [-0.15, -0.1) is 11.3 Å². The molecule has 0 radical (unpaired) electrons. The molecule has 1 aliphatic rings. The maximum Gasteiger partial charge on any atom is 0.494 e. The Kier molecular flexibility index (Phi) is 5.34. The number of hydrogen-bond acceptors (Lipinski definition) is 4. The summed E-state index contributed by atoms with van der Waals surface area (Å²) >= 11 is 1.84. The Morgan fingerprint density at radius 2 is 1.10 bits per heavy atom. The third kappa shape index (κ3) is 3.95. The zero-order chi connectivity index (χ0) is 27.9. The Hall–Kier alpha value is -3.90. The van der Waals surface area contributed by atoms with Crippen LogP contribution < -0.4 is 5.46 Å². The highest BCUT2D eigenvalue weighted by atomic mass is 32.1. The molecule has 0 N–H and O–H groups in total. The molecule has 0 saturated carbocycles. The third-order valence-corrected chi connectivity index (χ3v) is 10.1. The van der Waals surface area contributed by atoms with Crippen molar-refractivity contribution < 1.29 is 13.7 Å². The minimum absolute atomic E-state index is 0.420. The Bertz CT molecular complexity index is 1990. The van der Waals surface area contributed by atoms with Gasteiger partial charge in [0.1, 0.15) is 11.2 Å². The van der Waals surface area contributed by atoms with Crippen molar-refractivity contribution in [1.82, 2.24) is 0 Å². The molecule has 5 aromatic carbocycles. The van der Waals surface area contributed by atoms with Crippen molar-refractivity contribution in [3.8, 4) is 22.3 Å². The van der Waals surface area contributed by atoms with Gasteiger partial charge < -0.3 is 13.7 Å². The van der Waals surface area contributed by atoms with E-state index in [9.17, 15) is 0 Å². The molecular weight excluding hydrogens is 523 g/mol. The van der Waals surface area contributed by atoms with E-state index in [2.05, 4.69) is 119 Å². The van der Waals surface area contributed by atoms with Crippen LogP contribution in [0.15, 0.2) is 108 Å². The average molecular weight is 553 g/mol. The molecule has 1 saturated heterocycles. The van der Waals surface area contributed by atoms with Crippen LogP contribution in [0, 0.1) is 0 Å². The van der Waals surface area contributed by atoms with Gasteiger partial charge in [0.25, 0.3) is 0 Å². The lowest BCUT2D eigenvalue weighted by atomic mass is 9.76. The van der Waals surface area contributed by atoms with Crippen molar-refractivity contribution in [1.29, 1.82) is 0 Å². The molecule has 0 unspecified atom stereocenters. The van der Waals surface area contributed by atoms with E-state index >= 15 is 0 Å². The smallest absolute Gasteiger partial charge is 0.456 e. The van der Waals surface area contributed by atoms with Crippen LogP contribution in [0.25, 0.3) is 64.4 Å². The highest BCUT2D eigenvalue weighted by Crippen LogP contribution is 2.40. The van der Waals surface area contributed by atoms with Gasteiger partial charge in [0, 0.05) is 30.9 Å². The zero-order valence-electron chi connectivity index (χ0n) is 23.5. The summed E-state index contributed by atoms with van der Waals surface area (Å²) in [6, 6.07) is 36.9. The van der Waals surface area contributed by atoms with E-state index < -0.39 is 18.3 Å². The molecule has 0 bridgehead atoms. The molecule has 200 valence electrons. The Morgan fingerprint density at radius 1 is 0.512 bits per heavy atom. The van der Waals surface area contributed by atoms with E-state index in [-0.39, 0.29) is 0 Å². The van der Waals surface area contributed by atoms with E-state index in [4.69, 9.17) is 13.7 Å². The minimum atomic E-state index is -0.456. The molecule has 41 heavy (non-hydrogen) atoms. The summed E-state index contributed by atoms with van der Waals surface area (Å²) < 4.78 is 21.8. The van der Waals surface area contributed by atoms with Crippen molar-refractivity contribution in [3.05, 3.63) is 103 Å². The van der Waals surface area contributed by atoms with E-state index in [1.165, 1.54) is 25.7 Å². The second-order valence-corrected chi connectivity index (χ2v) is 13.1. The van der Waals surface area contributed by atoms with Crippen LogP contribution in [0.5, 0.6) is 0 Å². The summed E-state index contributed by atoms with van der Waals surface area (Å²) in [6.07, 6.45) is 0. The molecule has 2 aromatic heterocycles. The SMILES string of the molecule is CC1(C)OB(c2cc(-c3ccc4oc5ccccc5c4c3)cc(-c3ccc4sc5ccccc5c4c3)c2)OC1(C)C. The molecule has 1 fully saturated rings. The summed E-state index contributed by atoms with van der Waals surface area (Å²) in [5, 5.41) is 4.83. The molecule has 3 nitrogen and oxygen atoms in total. The van der Waals surface area contributed by atoms with Crippen molar-refractivity contribution >= 4 is 66.0 Å². The van der Waals surface area contributed by atoms with Gasteiger partial charge in [-0.25, -0.2) is 0 Å². The quantitative estimate of drug-likeness (QED) is 0.205. The monoisotopic (exact) mass is 552 g/mol. The Labute approximate surface area is 243 Å².